The van der Waals surface area contributed by atoms with Crippen LogP contribution < -0.4 is 16.4 Å². The minimum atomic E-state index is -0.269. The van der Waals surface area contributed by atoms with E-state index in [-0.39, 0.29) is 6.04 Å². The van der Waals surface area contributed by atoms with Crippen molar-refractivity contribution in [3.8, 4) is 6.07 Å². The van der Waals surface area contributed by atoms with Gasteiger partial charge in [-0.2, -0.15) is 5.26 Å². The summed E-state index contributed by atoms with van der Waals surface area (Å²) in [6.45, 7) is 1.99. The van der Waals surface area contributed by atoms with Gasteiger partial charge in [0.25, 0.3) is 0 Å². The largest absolute Gasteiger partial charge is 0.384 e. The Balaban J connectivity index is 2.51. The molecule has 0 amide bonds. The van der Waals surface area contributed by atoms with E-state index >= 15 is 0 Å². The zero-order valence-corrected chi connectivity index (χ0v) is 10.1. The first kappa shape index (κ1) is 11.4. The Morgan fingerprint density at radius 3 is 2.76 bits per heavy atom. The van der Waals surface area contributed by atoms with E-state index in [1.54, 1.807) is 0 Å². The fraction of sp³-hybridized carbons (Fsp3) is 0.167. The highest BCUT2D eigenvalue weighted by Crippen LogP contribution is 2.26. The second-order valence-electron chi connectivity index (χ2n) is 3.83. The summed E-state index contributed by atoms with van der Waals surface area (Å²) in [4.78, 5) is 0. The molecule has 17 heavy (non-hydrogen) atoms. The van der Waals surface area contributed by atoms with Crippen LogP contribution in [-0.2, 0) is 0 Å². The molecule has 0 radical (unpaired) electrons. The van der Waals surface area contributed by atoms with Crippen molar-refractivity contribution in [2.75, 3.05) is 0 Å². The van der Waals surface area contributed by atoms with Gasteiger partial charge in [-0.15, -0.1) is 0 Å². The Bertz CT molecular complexity index is 542. The molecule has 86 valence electrons. The van der Waals surface area contributed by atoms with Crippen molar-refractivity contribution >= 4 is 17.3 Å². The summed E-state index contributed by atoms with van der Waals surface area (Å²) >= 11 is 5.06. The monoisotopic (exact) mass is 244 g/mol. The number of nitrogens with two attached hydrogens (primary N) is 1. The predicted octanol–water partition coefficient (Wildman–Crippen LogP) is 1.21. The Kier molecular flexibility index (Phi) is 2.98. The SMILES string of the molecule is Cc1ccccc1C1NC(=S)NC(N)=C1C#N. The maximum absolute atomic E-state index is 9.16. The van der Waals surface area contributed by atoms with Crippen LogP contribution >= 0.6 is 12.2 Å². The number of thiocarbonyl (C=S) groups is 1. The van der Waals surface area contributed by atoms with E-state index in [0.717, 1.165) is 11.1 Å². The summed E-state index contributed by atoms with van der Waals surface area (Å²) in [5.41, 5.74) is 8.34. The molecule has 2 rings (SSSR count). The molecule has 0 bridgehead atoms. The van der Waals surface area contributed by atoms with E-state index in [2.05, 4.69) is 16.7 Å². The molecule has 4 nitrogen and oxygen atoms in total. The minimum Gasteiger partial charge on any atom is -0.384 e. The molecule has 1 aliphatic heterocycles. The molecule has 4 N–H and O–H groups in total. The summed E-state index contributed by atoms with van der Waals surface area (Å²) in [5, 5.41) is 15.4. The lowest BCUT2D eigenvalue weighted by atomic mass is 9.94. The molecule has 5 heteroatoms. The Morgan fingerprint density at radius 2 is 2.12 bits per heavy atom. The molecule has 0 aliphatic carbocycles. The van der Waals surface area contributed by atoms with Gasteiger partial charge in [0.15, 0.2) is 5.11 Å². The van der Waals surface area contributed by atoms with Crippen LogP contribution in [0, 0.1) is 18.3 Å². The lowest BCUT2D eigenvalue weighted by Crippen LogP contribution is -2.46. The smallest absolute Gasteiger partial charge is 0.172 e. The zero-order chi connectivity index (χ0) is 12.4. The molecule has 0 saturated heterocycles. The van der Waals surface area contributed by atoms with Gasteiger partial charge in [0.1, 0.15) is 11.9 Å². The van der Waals surface area contributed by atoms with Crippen LogP contribution in [0.2, 0.25) is 0 Å². The van der Waals surface area contributed by atoms with Gasteiger partial charge < -0.3 is 16.4 Å². The molecule has 1 aromatic rings. The molecule has 1 aromatic carbocycles. The molecule has 0 saturated carbocycles. The van der Waals surface area contributed by atoms with Crippen LogP contribution in [0.1, 0.15) is 17.2 Å². The third-order valence-electron chi connectivity index (χ3n) is 2.72. The summed E-state index contributed by atoms with van der Waals surface area (Å²) in [6, 6.07) is 9.70. The van der Waals surface area contributed by atoms with Crippen molar-refractivity contribution < 1.29 is 0 Å². The van der Waals surface area contributed by atoms with Crippen LogP contribution in [0.4, 0.5) is 0 Å². The number of rotatable bonds is 1. The number of nitrogens with zero attached hydrogens (tertiary/aromatic N) is 1. The second kappa shape index (κ2) is 4.44. The van der Waals surface area contributed by atoms with Crippen LogP contribution in [0.5, 0.6) is 0 Å². The second-order valence-corrected chi connectivity index (χ2v) is 4.24. The van der Waals surface area contributed by atoms with Crippen molar-refractivity contribution in [3.63, 3.8) is 0 Å². The Morgan fingerprint density at radius 1 is 1.41 bits per heavy atom. The van der Waals surface area contributed by atoms with Gasteiger partial charge in [-0.1, -0.05) is 24.3 Å². The molecule has 1 heterocycles. The third kappa shape index (κ3) is 2.08. The fourth-order valence-corrected chi connectivity index (χ4v) is 2.08. The van der Waals surface area contributed by atoms with Gasteiger partial charge in [-0.25, -0.2) is 0 Å². The molecule has 1 atom stereocenters. The van der Waals surface area contributed by atoms with Crippen LogP contribution in [0.15, 0.2) is 35.7 Å². The van der Waals surface area contributed by atoms with Gasteiger partial charge in [0.2, 0.25) is 0 Å². The average molecular weight is 244 g/mol. The highest BCUT2D eigenvalue weighted by atomic mass is 32.1. The van der Waals surface area contributed by atoms with Gasteiger partial charge >= 0.3 is 0 Å². The number of nitrogens with one attached hydrogen (secondary N) is 2. The maximum Gasteiger partial charge on any atom is 0.172 e. The summed E-state index contributed by atoms with van der Waals surface area (Å²) < 4.78 is 0. The standard InChI is InChI=1S/C12H12N4S/c1-7-4-2-3-5-8(7)10-9(6-13)11(14)16-12(17)15-10/h2-5,10H,14H2,1H3,(H2,15,16,17). The molecule has 1 unspecified atom stereocenters. The Hall–Kier alpha value is -2.06. The zero-order valence-electron chi connectivity index (χ0n) is 9.32. The topological polar surface area (TPSA) is 73.9 Å². The third-order valence-corrected chi connectivity index (χ3v) is 2.94. The van der Waals surface area contributed by atoms with Crippen LogP contribution in [-0.4, -0.2) is 5.11 Å². The predicted molar refractivity (Wildman–Crippen MR) is 69.6 cm³/mol. The highest BCUT2D eigenvalue weighted by Gasteiger charge is 2.26. The number of aryl methyl sites for hydroxylation is 1. The van der Waals surface area contributed by atoms with Gasteiger partial charge in [0, 0.05) is 0 Å². The Labute approximate surface area is 105 Å². The first-order valence-electron chi connectivity index (χ1n) is 5.16. The molecule has 0 spiro atoms. The quantitative estimate of drug-likeness (QED) is 0.647. The lowest BCUT2D eigenvalue weighted by Gasteiger charge is -2.28. The minimum absolute atomic E-state index is 0.269. The molecule has 1 aliphatic rings. The van der Waals surface area contributed by atoms with E-state index in [1.807, 2.05) is 31.2 Å². The first-order valence-corrected chi connectivity index (χ1v) is 5.57. The number of hydrogen-bond donors (Lipinski definition) is 3. The van der Waals surface area contributed by atoms with Gasteiger partial charge in [-0.05, 0) is 30.3 Å². The summed E-state index contributed by atoms with van der Waals surface area (Å²) in [5.74, 6) is 0.324. The van der Waals surface area contributed by atoms with Crippen molar-refractivity contribution in [1.82, 2.24) is 10.6 Å². The molecule has 0 fully saturated rings. The van der Waals surface area contributed by atoms with E-state index in [0.29, 0.717) is 16.5 Å². The fourth-order valence-electron chi connectivity index (χ4n) is 1.85. The first-order chi connectivity index (χ1) is 8.13. The van der Waals surface area contributed by atoms with Crippen LogP contribution in [0.25, 0.3) is 0 Å². The number of hydrogen-bond acceptors (Lipinski definition) is 3. The summed E-state index contributed by atoms with van der Waals surface area (Å²) in [7, 11) is 0. The van der Waals surface area contributed by atoms with E-state index in [9.17, 15) is 0 Å². The van der Waals surface area contributed by atoms with Crippen molar-refractivity contribution in [3.05, 3.63) is 46.8 Å². The van der Waals surface area contributed by atoms with Crippen molar-refractivity contribution in [1.29, 1.82) is 5.26 Å². The van der Waals surface area contributed by atoms with Crippen LogP contribution in [0.3, 0.4) is 0 Å². The van der Waals surface area contributed by atoms with Crippen molar-refractivity contribution in [2.24, 2.45) is 5.73 Å². The maximum atomic E-state index is 9.16. The normalized spacial score (nSPS) is 19.3. The van der Waals surface area contributed by atoms with Gasteiger partial charge in [-0.3, -0.25) is 0 Å². The lowest BCUT2D eigenvalue weighted by molar-refractivity contribution is 0.702. The average Bonchev–Trinajstić information content (AvgIpc) is 2.28. The van der Waals surface area contributed by atoms with E-state index in [1.165, 1.54) is 0 Å². The highest BCUT2D eigenvalue weighted by molar-refractivity contribution is 7.80. The summed E-state index contributed by atoms with van der Waals surface area (Å²) in [6.07, 6.45) is 0. The van der Waals surface area contributed by atoms with E-state index < -0.39 is 0 Å². The van der Waals surface area contributed by atoms with Gasteiger partial charge in [0.05, 0.1) is 11.6 Å². The number of nitriles is 1. The molecule has 0 aromatic heterocycles. The van der Waals surface area contributed by atoms with E-state index in [4.69, 9.17) is 23.2 Å². The van der Waals surface area contributed by atoms with Crippen molar-refractivity contribution in [2.45, 2.75) is 13.0 Å². The number of benzene rings is 1. The molecular weight excluding hydrogens is 232 g/mol. The molecular formula is C12H12N4S.